The molecule has 1 fully saturated rings. The molecule has 0 radical (unpaired) electrons. The van der Waals surface area contributed by atoms with Gasteiger partial charge in [-0.3, -0.25) is 5.32 Å². The second-order valence-electron chi connectivity index (χ2n) is 7.86. The van der Waals surface area contributed by atoms with Crippen molar-refractivity contribution in [1.29, 1.82) is 0 Å². The first-order chi connectivity index (χ1) is 15.9. The van der Waals surface area contributed by atoms with E-state index in [9.17, 15) is 15.0 Å². The van der Waals surface area contributed by atoms with Crippen molar-refractivity contribution in [3.63, 3.8) is 0 Å². The fraction of sp³-hybridized carbons (Fsp3) is 0.250. The quantitative estimate of drug-likeness (QED) is 0.274. The molecule has 9 heteroatoms. The molecule has 168 valence electrons. The van der Waals surface area contributed by atoms with E-state index in [2.05, 4.69) is 22.1 Å². The fourth-order valence-electron chi connectivity index (χ4n) is 3.53. The molecule has 1 amide bonds. The van der Waals surface area contributed by atoms with Crippen LogP contribution in [0.5, 0.6) is 0 Å². The van der Waals surface area contributed by atoms with Crippen LogP contribution in [0, 0.1) is 11.8 Å². The van der Waals surface area contributed by atoms with Crippen molar-refractivity contribution in [3.05, 3.63) is 69.9 Å². The lowest BCUT2D eigenvalue weighted by molar-refractivity contribution is -0.0685. The lowest BCUT2D eigenvalue weighted by Crippen LogP contribution is -2.24. The van der Waals surface area contributed by atoms with Gasteiger partial charge in [-0.25, -0.2) is 9.78 Å². The number of rotatable bonds is 5. The molecule has 1 unspecified atom stereocenters. The Labute approximate surface area is 197 Å². The molecule has 0 spiro atoms. The zero-order chi connectivity index (χ0) is 23.0. The monoisotopic (exact) mass is 480 g/mol. The summed E-state index contributed by atoms with van der Waals surface area (Å²) in [4.78, 5) is 18.2. The molecule has 3 heterocycles. The first kappa shape index (κ1) is 21.7. The maximum atomic E-state index is 12.3. The molecule has 1 aliphatic rings. The summed E-state index contributed by atoms with van der Waals surface area (Å²) in [5, 5.41) is 23.0. The highest BCUT2D eigenvalue weighted by atomic mass is 32.2. The van der Waals surface area contributed by atoms with E-state index in [1.165, 1.54) is 17.7 Å². The van der Waals surface area contributed by atoms with Gasteiger partial charge in [-0.05, 0) is 49.3 Å². The highest BCUT2D eigenvalue weighted by Gasteiger charge is 2.51. The third-order valence-electron chi connectivity index (χ3n) is 5.63. The Bertz CT molecular complexity index is 1320. The minimum absolute atomic E-state index is 0.126. The normalized spacial score (nSPS) is 15.2. The predicted octanol–water partition coefficient (Wildman–Crippen LogP) is 5.00. The van der Waals surface area contributed by atoms with Crippen molar-refractivity contribution in [1.82, 2.24) is 4.98 Å². The summed E-state index contributed by atoms with van der Waals surface area (Å²) in [7, 11) is 0. The lowest BCUT2D eigenvalue weighted by Gasteiger charge is -2.14. The molecule has 1 aromatic carbocycles. The zero-order valence-corrected chi connectivity index (χ0v) is 19.2. The number of amides is 1. The number of aliphatic hydroxyl groups excluding tert-OH is 1. The summed E-state index contributed by atoms with van der Waals surface area (Å²) in [6, 6.07) is 13.4. The number of fused-ring (bicyclic) bond motifs is 1. The molecular formula is C24H20N2O5S2. The largest absolute Gasteiger partial charge is 0.441 e. The fourth-order valence-corrected chi connectivity index (χ4v) is 6.10. The van der Waals surface area contributed by atoms with E-state index >= 15 is 0 Å². The lowest BCUT2D eigenvalue weighted by atomic mass is 10.0. The third kappa shape index (κ3) is 4.38. The van der Waals surface area contributed by atoms with E-state index in [1.54, 1.807) is 18.3 Å². The second-order valence-corrected chi connectivity index (χ2v) is 10.2. The number of aromatic nitrogens is 1. The number of nitrogens with zero attached hydrogens (tertiary/aromatic N) is 1. The summed E-state index contributed by atoms with van der Waals surface area (Å²) >= 11 is 3.11. The van der Waals surface area contributed by atoms with Gasteiger partial charge in [-0.15, -0.1) is 22.7 Å². The molecule has 3 aromatic heterocycles. The number of hydrogen-bond acceptors (Lipinski definition) is 8. The van der Waals surface area contributed by atoms with Crippen LogP contribution in [0.25, 0.3) is 9.40 Å². The summed E-state index contributed by atoms with van der Waals surface area (Å²) in [5.41, 5.74) is 0.688. The molecule has 0 aliphatic heterocycles. The summed E-state index contributed by atoms with van der Waals surface area (Å²) in [5.74, 6) is 6.12. The third-order valence-corrected chi connectivity index (χ3v) is 8.15. The van der Waals surface area contributed by atoms with E-state index in [0.717, 1.165) is 37.6 Å². The number of thiophene rings is 2. The highest BCUT2D eigenvalue weighted by molar-refractivity contribution is 7.38. The Balaban J connectivity index is 1.27. The van der Waals surface area contributed by atoms with Gasteiger partial charge >= 0.3 is 6.09 Å². The molecule has 1 saturated carbocycles. The molecule has 1 atom stereocenters. The Morgan fingerprint density at radius 1 is 1.21 bits per heavy atom. The van der Waals surface area contributed by atoms with E-state index in [1.807, 2.05) is 42.5 Å². The molecular weight excluding hydrogens is 460 g/mol. The zero-order valence-electron chi connectivity index (χ0n) is 17.6. The smallest absolute Gasteiger partial charge is 0.414 e. The van der Waals surface area contributed by atoms with Crippen LogP contribution in [-0.4, -0.2) is 27.6 Å². The van der Waals surface area contributed by atoms with Crippen LogP contribution in [0.15, 0.2) is 53.3 Å². The van der Waals surface area contributed by atoms with E-state index in [-0.39, 0.29) is 5.88 Å². The standard InChI is InChI=1S/C24H20N2O5S2/c1-14(15-5-3-2-4-6-15)31-23(29)26-20-18(25-13-30-20)8-7-17-11-16-12-19(33-21(16)32-17)24(9-10-24)22(27)28/h2-6,11-14,22,27-28H,9-10H2,1H3,(H,26,29). The number of anilines is 1. The molecule has 7 nitrogen and oxygen atoms in total. The molecule has 1 aliphatic carbocycles. The van der Waals surface area contributed by atoms with Gasteiger partial charge < -0.3 is 19.4 Å². The first-order valence-electron chi connectivity index (χ1n) is 10.3. The molecule has 33 heavy (non-hydrogen) atoms. The number of carbonyl (C=O) groups excluding carboxylic acids is 1. The number of carbonyl (C=O) groups is 1. The van der Waals surface area contributed by atoms with E-state index in [0.29, 0.717) is 5.69 Å². The van der Waals surface area contributed by atoms with Crippen molar-refractivity contribution in [2.75, 3.05) is 5.32 Å². The minimum atomic E-state index is -1.33. The minimum Gasteiger partial charge on any atom is -0.441 e. The van der Waals surface area contributed by atoms with Crippen LogP contribution in [-0.2, 0) is 10.2 Å². The van der Waals surface area contributed by atoms with Gasteiger partial charge in [0.2, 0.25) is 5.88 Å². The van der Waals surface area contributed by atoms with Crippen molar-refractivity contribution < 1.29 is 24.2 Å². The van der Waals surface area contributed by atoms with Crippen molar-refractivity contribution in [2.45, 2.75) is 37.6 Å². The van der Waals surface area contributed by atoms with Gasteiger partial charge in [0.1, 0.15) is 6.10 Å². The van der Waals surface area contributed by atoms with Crippen molar-refractivity contribution in [3.8, 4) is 11.8 Å². The van der Waals surface area contributed by atoms with Crippen LogP contribution >= 0.6 is 22.7 Å². The number of nitrogens with one attached hydrogen (secondary N) is 1. The molecule has 4 aromatic rings. The number of hydrogen-bond donors (Lipinski definition) is 3. The maximum absolute atomic E-state index is 12.3. The van der Waals surface area contributed by atoms with Crippen LogP contribution in [0.2, 0.25) is 0 Å². The Morgan fingerprint density at radius 3 is 2.70 bits per heavy atom. The number of ether oxygens (including phenoxy) is 1. The molecule has 3 N–H and O–H groups in total. The summed E-state index contributed by atoms with van der Waals surface area (Å²) in [6.45, 7) is 1.79. The second kappa shape index (κ2) is 8.65. The number of benzene rings is 1. The number of oxazole rings is 1. The average Bonchev–Trinajstić information content (AvgIpc) is 3.12. The molecule has 0 bridgehead atoms. The summed E-state index contributed by atoms with van der Waals surface area (Å²) in [6.07, 6.45) is 0.392. The number of aliphatic hydroxyl groups is 2. The highest BCUT2D eigenvalue weighted by Crippen LogP contribution is 2.54. The van der Waals surface area contributed by atoms with Crippen LogP contribution in [0.1, 0.15) is 46.9 Å². The van der Waals surface area contributed by atoms with Crippen LogP contribution in [0.4, 0.5) is 10.7 Å². The van der Waals surface area contributed by atoms with Gasteiger partial charge in [0.25, 0.3) is 0 Å². The van der Waals surface area contributed by atoms with E-state index < -0.39 is 23.9 Å². The Morgan fingerprint density at radius 2 is 2.00 bits per heavy atom. The first-order valence-corrected chi connectivity index (χ1v) is 12.0. The van der Waals surface area contributed by atoms with Gasteiger partial charge in [-0.2, -0.15) is 0 Å². The Hall–Kier alpha value is -3.16. The predicted molar refractivity (Wildman–Crippen MR) is 126 cm³/mol. The average molecular weight is 481 g/mol. The van der Waals surface area contributed by atoms with Crippen LogP contribution < -0.4 is 5.32 Å². The van der Waals surface area contributed by atoms with Gasteiger partial charge in [0.05, 0.1) is 14.3 Å². The van der Waals surface area contributed by atoms with Crippen molar-refractivity contribution >= 4 is 44.1 Å². The topological polar surface area (TPSA) is 105 Å². The summed E-state index contributed by atoms with van der Waals surface area (Å²) < 4.78 is 11.8. The maximum Gasteiger partial charge on any atom is 0.414 e. The van der Waals surface area contributed by atoms with Gasteiger partial charge in [0, 0.05) is 10.3 Å². The van der Waals surface area contributed by atoms with E-state index in [4.69, 9.17) is 9.15 Å². The molecule has 0 saturated heterocycles. The van der Waals surface area contributed by atoms with Gasteiger partial charge in [0.15, 0.2) is 18.4 Å². The Kier molecular flexibility index (Phi) is 5.68. The molecule has 5 rings (SSSR count). The van der Waals surface area contributed by atoms with Crippen LogP contribution in [0.3, 0.4) is 0 Å². The SMILES string of the molecule is CC(OC(=O)Nc1ocnc1C#Cc1cc2cc(C3(C(O)O)CC3)sc2s1)c1ccccc1. The van der Waals surface area contributed by atoms with Gasteiger partial charge in [-0.1, -0.05) is 30.3 Å². The van der Waals surface area contributed by atoms with Crippen molar-refractivity contribution in [2.24, 2.45) is 0 Å².